The van der Waals surface area contributed by atoms with Gasteiger partial charge in [0.1, 0.15) is 0 Å². The van der Waals surface area contributed by atoms with Crippen LogP contribution in [0.3, 0.4) is 0 Å². The Morgan fingerprint density at radius 2 is 1.92 bits per heavy atom. The molecule has 0 bridgehead atoms. The smallest absolute Gasteiger partial charge is 0.319 e. The summed E-state index contributed by atoms with van der Waals surface area (Å²) in [5, 5.41) is 1.87. The molecule has 0 aromatic carbocycles. The molecule has 0 atom stereocenters. The number of fused-ring (bicyclic) bond motifs is 2. The van der Waals surface area contributed by atoms with E-state index >= 15 is 0 Å². The van der Waals surface area contributed by atoms with Gasteiger partial charge in [-0.3, -0.25) is 23.1 Å². The van der Waals surface area contributed by atoms with Crippen LogP contribution in [0, 0.1) is 6.92 Å². The first-order chi connectivity index (χ1) is 11.9. The van der Waals surface area contributed by atoms with Crippen LogP contribution in [-0.2, 0) is 20.6 Å². The van der Waals surface area contributed by atoms with E-state index < -0.39 is 11.2 Å². The van der Waals surface area contributed by atoms with Gasteiger partial charge in [0.05, 0.1) is 18.6 Å². The molecule has 4 rings (SSSR count). The zero-order chi connectivity index (χ0) is 17.9. The van der Waals surface area contributed by atoms with Crippen molar-refractivity contribution in [3.8, 4) is 0 Å². The van der Waals surface area contributed by atoms with E-state index in [1.807, 2.05) is 12.3 Å². The first-order valence-electron chi connectivity index (χ1n) is 7.46. The fourth-order valence-electron chi connectivity index (χ4n) is 2.87. The van der Waals surface area contributed by atoms with Crippen LogP contribution in [0.25, 0.3) is 16.1 Å². The largest absolute Gasteiger partial charge is 0.332 e. The molecule has 128 valence electrons. The van der Waals surface area contributed by atoms with Gasteiger partial charge in [0, 0.05) is 31.2 Å². The summed E-state index contributed by atoms with van der Waals surface area (Å²) in [4.78, 5) is 46.0. The summed E-state index contributed by atoms with van der Waals surface area (Å²) in [6.45, 7) is 2.06. The topological polar surface area (TPSA) is 96.2 Å². The van der Waals surface area contributed by atoms with E-state index in [4.69, 9.17) is 0 Å². The van der Waals surface area contributed by atoms with E-state index in [0.29, 0.717) is 21.8 Å². The van der Waals surface area contributed by atoms with Crippen molar-refractivity contribution in [1.82, 2.24) is 28.1 Å². The van der Waals surface area contributed by atoms with Crippen molar-refractivity contribution in [2.45, 2.75) is 13.5 Å². The van der Waals surface area contributed by atoms with Gasteiger partial charge in [0.2, 0.25) is 0 Å². The number of hydrogen-bond acceptors (Lipinski definition) is 6. The predicted octanol–water partition coefficient (Wildman–Crippen LogP) is -0.140. The summed E-state index contributed by atoms with van der Waals surface area (Å²) < 4.78 is 5.51. The lowest BCUT2D eigenvalue weighted by atomic mass is 10.4. The summed E-state index contributed by atoms with van der Waals surface area (Å²) in [6.07, 6.45) is 1.48. The SMILES string of the molecule is Cc1csc2nc(Cn3cnc4c3c(=O)n(C)c(=O)n4C)cc(=O)n12. The third-order valence-corrected chi connectivity index (χ3v) is 5.12. The van der Waals surface area contributed by atoms with Gasteiger partial charge in [-0.25, -0.2) is 14.8 Å². The van der Waals surface area contributed by atoms with Crippen LogP contribution >= 0.6 is 11.3 Å². The molecule has 0 aliphatic carbocycles. The third-order valence-electron chi connectivity index (χ3n) is 4.18. The minimum absolute atomic E-state index is 0.163. The first-order valence-corrected chi connectivity index (χ1v) is 8.34. The second-order valence-electron chi connectivity index (χ2n) is 5.83. The molecule has 4 aromatic heterocycles. The van der Waals surface area contributed by atoms with Crippen molar-refractivity contribution < 1.29 is 0 Å². The lowest BCUT2D eigenvalue weighted by Gasteiger charge is -2.06. The normalized spacial score (nSPS) is 11.6. The molecule has 0 radical (unpaired) electrons. The first kappa shape index (κ1) is 15.5. The van der Waals surface area contributed by atoms with E-state index in [2.05, 4.69) is 9.97 Å². The van der Waals surface area contributed by atoms with Gasteiger partial charge in [-0.2, -0.15) is 0 Å². The fourth-order valence-corrected chi connectivity index (χ4v) is 3.76. The monoisotopic (exact) mass is 358 g/mol. The summed E-state index contributed by atoms with van der Waals surface area (Å²) >= 11 is 1.38. The number of nitrogens with zero attached hydrogens (tertiary/aromatic N) is 6. The highest BCUT2D eigenvalue weighted by molar-refractivity contribution is 7.15. The van der Waals surface area contributed by atoms with Crippen molar-refractivity contribution in [1.29, 1.82) is 0 Å². The van der Waals surface area contributed by atoms with Gasteiger partial charge < -0.3 is 4.57 Å². The molecule has 0 saturated carbocycles. The molecule has 10 heteroatoms. The van der Waals surface area contributed by atoms with Gasteiger partial charge in [-0.05, 0) is 6.92 Å². The number of hydrogen-bond donors (Lipinski definition) is 0. The molecule has 9 nitrogen and oxygen atoms in total. The predicted molar refractivity (Wildman–Crippen MR) is 93.4 cm³/mol. The fraction of sp³-hybridized carbons (Fsp3) is 0.267. The second-order valence-corrected chi connectivity index (χ2v) is 6.67. The van der Waals surface area contributed by atoms with Gasteiger partial charge in [0.15, 0.2) is 16.1 Å². The summed E-state index contributed by atoms with van der Waals surface area (Å²) in [5.41, 5.74) is 0.938. The van der Waals surface area contributed by atoms with E-state index in [1.165, 1.54) is 35.3 Å². The Bertz CT molecular complexity index is 1320. The van der Waals surface area contributed by atoms with E-state index in [1.54, 1.807) is 16.0 Å². The molecule has 0 aliphatic heterocycles. The van der Waals surface area contributed by atoms with E-state index in [9.17, 15) is 14.4 Å². The van der Waals surface area contributed by atoms with Gasteiger partial charge in [0.25, 0.3) is 11.1 Å². The molecule has 0 fully saturated rings. The summed E-state index contributed by atoms with van der Waals surface area (Å²) in [7, 11) is 2.99. The van der Waals surface area contributed by atoms with Gasteiger partial charge in [-0.15, -0.1) is 11.3 Å². The lowest BCUT2D eigenvalue weighted by Crippen LogP contribution is -2.37. The van der Waals surface area contributed by atoms with Crippen LogP contribution in [0.5, 0.6) is 0 Å². The zero-order valence-corrected chi connectivity index (χ0v) is 14.6. The van der Waals surface area contributed by atoms with Crippen LogP contribution in [0.4, 0.5) is 0 Å². The van der Waals surface area contributed by atoms with Crippen molar-refractivity contribution in [3.05, 3.63) is 60.4 Å². The molecular weight excluding hydrogens is 344 g/mol. The van der Waals surface area contributed by atoms with Gasteiger partial charge in [-0.1, -0.05) is 0 Å². The highest BCUT2D eigenvalue weighted by Gasteiger charge is 2.15. The Morgan fingerprint density at radius 1 is 1.16 bits per heavy atom. The van der Waals surface area contributed by atoms with Gasteiger partial charge >= 0.3 is 5.69 Å². The molecule has 0 aliphatic rings. The Balaban J connectivity index is 1.91. The van der Waals surface area contributed by atoms with Crippen LogP contribution < -0.4 is 16.8 Å². The molecule has 4 heterocycles. The minimum Gasteiger partial charge on any atom is -0.319 e. The number of thiazole rings is 1. The van der Waals surface area contributed by atoms with Crippen molar-refractivity contribution >= 4 is 27.5 Å². The van der Waals surface area contributed by atoms with Crippen LogP contribution in [-0.4, -0.2) is 28.1 Å². The molecule has 0 amide bonds. The van der Waals surface area contributed by atoms with Crippen molar-refractivity contribution in [2.75, 3.05) is 0 Å². The Labute approximate surface area is 144 Å². The molecule has 0 N–H and O–H groups in total. The third kappa shape index (κ3) is 2.18. The summed E-state index contributed by atoms with van der Waals surface area (Å²) in [5.74, 6) is 0. The standard InChI is InChI=1S/C15H14N6O3S/c1-8-6-25-14-17-9(4-10(22)21(8)14)5-20-7-16-12-11(20)13(23)19(3)15(24)18(12)2/h4,6-7H,5H2,1-3H3. The van der Waals surface area contributed by atoms with Crippen molar-refractivity contribution in [3.63, 3.8) is 0 Å². The minimum atomic E-state index is -0.436. The zero-order valence-electron chi connectivity index (χ0n) is 13.8. The second kappa shape index (κ2) is 5.24. The van der Waals surface area contributed by atoms with Crippen molar-refractivity contribution in [2.24, 2.45) is 14.1 Å². The van der Waals surface area contributed by atoms with E-state index in [-0.39, 0.29) is 12.1 Å². The number of rotatable bonds is 2. The molecular formula is C15H14N6O3S. The van der Waals surface area contributed by atoms with Crippen LogP contribution in [0.2, 0.25) is 0 Å². The maximum atomic E-state index is 12.5. The highest BCUT2D eigenvalue weighted by atomic mass is 32.1. The molecule has 25 heavy (non-hydrogen) atoms. The quantitative estimate of drug-likeness (QED) is 0.497. The van der Waals surface area contributed by atoms with Crippen LogP contribution in [0.15, 0.2) is 32.2 Å². The Kier molecular flexibility index (Phi) is 3.25. The summed E-state index contributed by atoms with van der Waals surface area (Å²) in [6, 6.07) is 1.45. The number of aromatic nitrogens is 6. The highest BCUT2D eigenvalue weighted by Crippen LogP contribution is 2.13. The Morgan fingerprint density at radius 3 is 2.68 bits per heavy atom. The van der Waals surface area contributed by atoms with Crippen LogP contribution in [0.1, 0.15) is 11.4 Å². The average Bonchev–Trinajstić information content (AvgIpc) is 3.15. The molecule has 0 saturated heterocycles. The number of imidazole rings is 1. The molecule has 4 aromatic rings. The maximum absolute atomic E-state index is 12.5. The maximum Gasteiger partial charge on any atom is 0.332 e. The average molecular weight is 358 g/mol. The number of aryl methyl sites for hydroxylation is 2. The molecule has 0 spiro atoms. The lowest BCUT2D eigenvalue weighted by molar-refractivity contribution is 0.701. The van der Waals surface area contributed by atoms with E-state index in [0.717, 1.165) is 10.3 Å². The molecule has 0 unspecified atom stereocenters. The Hall–Kier alpha value is -3.01.